The lowest BCUT2D eigenvalue weighted by Gasteiger charge is -2.10. The molecule has 0 saturated heterocycles. The van der Waals surface area contributed by atoms with Crippen molar-refractivity contribution in [2.24, 2.45) is 0 Å². The van der Waals surface area contributed by atoms with Crippen molar-refractivity contribution in [3.63, 3.8) is 0 Å². The normalized spacial score (nSPS) is 10.0. The van der Waals surface area contributed by atoms with Crippen LogP contribution in [0.15, 0.2) is 18.3 Å². The molecular formula is C11H17N3O2. The maximum absolute atomic E-state index is 11.4. The van der Waals surface area contributed by atoms with Gasteiger partial charge in [0.05, 0.1) is 13.7 Å². The lowest BCUT2D eigenvalue weighted by molar-refractivity contribution is -0.119. The summed E-state index contributed by atoms with van der Waals surface area (Å²) in [5.74, 6) is 0.486. The van der Waals surface area contributed by atoms with Crippen molar-refractivity contribution in [1.29, 1.82) is 0 Å². The molecule has 88 valence electrons. The quantitative estimate of drug-likeness (QED) is 0.782. The second-order valence-electron chi connectivity index (χ2n) is 3.66. The first kappa shape index (κ1) is 12.3. The molecule has 5 nitrogen and oxygen atoms in total. The SMILES string of the molecule is COc1cc(NCC(=O)NC(C)C)ccn1. The van der Waals surface area contributed by atoms with Gasteiger partial charge in [0, 0.05) is 24.0 Å². The van der Waals surface area contributed by atoms with E-state index in [0.29, 0.717) is 5.88 Å². The second-order valence-corrected chi connectivity index (χ2v) is 3.66. The summed E-state index contributed by atoms with van der Waals surface area (Å²) in [5.41, 5.74) is 0.811. The number of amides is 1. The van der Waals surface area contributed by atoms with E-state index in [1.807, 2.05) is 13.8 Å². The highest BCUT2D eigenvalue weighted by Crippen LogP contribution is 2.12. The van der Waals surface area contributed by atoms with Crippen molar-refractivity contribution < 1.29 is 9.53 Å². The van der Waals surface area contributed by atoms with E-state index in [1.54, 1.807) is 25.4 Å². The van der Waals surface area contributed by atoms with Crippen LogP contribution in [-0.2, 0) is 4.79 Å². The van der Waals surface area contributed by atoms with Crippen LogP contribution in [0.3, 0.4) is 0 Å². The van der Waals surface area contributed by atoms with Crippen LogP contribution in [0.1, 0.15) is 13.8 Å². The van der Waals surface area contributed by atoms with E-state index in [-0.39, 0.29) is 18.5 Å². The lowest BCUT2D eigenvalue weighted by atomic mass is 10.3. The molecule has 0 fully saturated rings. The highest BCUT2D eigenvalue weighted by molar-refractivity contribution is 5.80. The minimum atomic E-state index is -0.0363. The first-order valence-corrected chi connectivity index (χ1v) is 5.15. The fourth-order valence-corrected chi connectivity index (χ4v) is 1.19. The van der Waals surface area contributed by atoms with Crippen LogP contribution in [0.25, 0.3) is 0 Å². The lowest BCUT2D eigenvalue weighted by Crippen LogP contribution is -2.34. The van der Waals surface area contributed by atoms with Crippen LogP contribution < -0.4 is 15.4 Å². The molecule has 1 amide bonds. The number of pyridine rings is 1. The summed E-state index contributed by atoms with van der Waals surface area (Å²) in [6.45, 7) is 4.09. The number of hydrogen-bond acceptors (Lipinski definition) is 4. The van der Waals surface area contributed by atoms with Crippen LogP contribution in [-0.4, -0.2) is 30.6 Å². The fraction of sp³-hybridized carbons (Fsp3) is 0.455. The summed E-state index contributed by atoms with van der Waals surface area (Å²) in [4.78, 5) is 15.3. The van der Waals surface area contributed by atoms with Crippen LogP contribution in [0.4, 0.5) is 5.69 Å². The Morgan fingerprint density at radius 3 is 2.94 bits per heavy atom. The molecule has 0 aliphatic heterocycles. The summed E-state index contributed by atoms with van der Waals surface area (Å²) in [5, 5.41) is 5.79. The Balaban J connectivity index is 2.45. The van der Waals surface area contributed by atoms with Gasteiger partial charge >= 0.3 is 0 Å². The van der Waals surface area contributed by atoms with E-state index >= 15 is 0 Å². The first-order chi connectivity index (χ1) is 7.61. The van der Waals surface area contributed by atoms with Gasteiger partial charge in [-0.3, -0.25) is 4.79 Å². The molecule has 0 saturated carbocycles. The topological polar surface area (TPSA) is 63.2 Å². The summed E-state index contributed by atoms with van der Waals surface area (Å²) < 4.78 is 4.97. The third kappa shape index (κ3) is 4.16. The van der Waals surface area contributed by atoms with Crippen molar-refractivity contribution in [3.05, 3.63) is 18.3 Å². The maximum atomic E-state index is 11.4. The molecule has 0 bridgehead atoms. The second kappa shape index (κ2) is 5.95. The molecule has 0 radical (unpaired) electrons. The third-order valence-corrected chi connectivity index (χ3v) is 1.85. The minimum absolute atomic E-state index is 0.0363. The van der Waals surface area contributed by atoms with Crippen molar-refractivity contribution in [3.8, 4) is 5.88 Å². The Labute approximate surface area is 95.2 Å². The zero-order valence-electron chi connectivity index (χ0n) is 9.78. The number of hydrogen-bond donors (Lipinski definition) is 2. The molecule has 5 heteroatoms. The predicted octanol–water partition coefficient (Wildman–Crippen LogP) is 1.03. The third-order valence-electron chi connectivity index (χ3n) is 1.85. The number of ether oxygens (including phenoxy) is 1. The number of methoxy groups -OCH3 is 1. The van der Waals surface area contributed by atoms with Gasteiger partial charge in [-0.15, -0.1) is 0 Å². The predicted molar refractivity (Wildman–Crippen MR) is 62.6 cm³/mol. The van der Waals surface area contributed by atoms with Gasteiger partial charge < -0.3 is 15.4 Å². The van der Waals surface area contributed by atoms with Gasteiger partial charge in [0.15, 0.2) is 0 Å². The standard InChI is InChI=1S/C11H17N3O2/c1-8(2)14-10(15)7-13-9-4-5-12-11(6-9)16-3/h4-6,8H,7H2,1-3H3,(H,12,13)(H,14,15). The minimum Gasteiger partial charge on any atom is -0.481 e. The number of nitrogens with one attached hydrogen (secondary N) is 2. The summed E-state index contributed by atoms with van der Waals surface area (Å²) in [6.07, 6.45) is 1.63. The van der Waals surface area contributed by atoms with Crippen LogP contribution in [0.2, 0.25) is 0 Å². The summed E-state index contributed by atoms with van der Waals surface area (Å²) >= 11 is 0. The Kier molecular flexibility index (Phi) is 4.57. The first-order valence-electron chi connectivity index (χ1n) is 5.15. The molecule has 0 spiro atoms. The van der Waals surface area contributed by atoms with Crippen molar-refractivity contribution in [2.75, 3.05) is 19.0 Å². The Morgan fingerprint density at radius 1 is 1.56 bits per heavy atom. The van der Waals surface area contributed by atoms with E-state index in [2.05, 4.69) is 15.6 Å². The molecule has 16 heavy (non-hydrogen) atoms. The van der Waals surface area contributed by atoms with Crippen molar-refractivity contribution in [2.45, 2.75) is 19.9 Å². The van der Waals surface area contributed by atoms with Gasteiger partial charge in [0.1, 0.15) is 0 Å². The number of rotatable bonds is 5. The summed E-state index contributed by atoms with van der Waals surface area (Å²) in [7, 11) is 1.55. The number of carbonyl (C=O) groups is 1. The van der Waals surface area contributed by atoms with Gasteiger partial charge in [-0.2, -0.15) is 0 Å². The highest BCUT2D eigenvalue weighted by atomic mass is 16.5. The van der Waals surface area contributed by atoms with Gasteiger partial charge in [-0.25, -0.2) is 4.98 Å². The molecule has 0 aliphatic carbocycles. The van der Waals surface area contributed by atoms with Gasteiger partial charge in [-0.05, 0) is 19.9 Å². The van der Waals surface area contributed by atoms with E-state index in [9.17, 15) is 4.79 Å². The highest BCUT2D eigenvalue weighted by Gasteiger charge is 2.03. The fourth-order valence-electron chi connectivity index (χ4n) is 1.19. The Morgan fingerprint density at radius 2 is 2.31 bits per heavy atom. The number of carbonyl (C=O) groups excluding carboxylic acids is 1. The van der Waals surface area contributed by atoms with E-state index in [4.69, 9.17) is 4.74 Å². The van der Waals surface area contributed by atoms with Crippen LogP contribution in [0.5, 0.6) is 5.88 Å². The number of nitrogens with zero attached hydrogens (tertiary/aromatic N) is 1. The smallest absolute Gasteiger partial charge is 0.239 e. The molecule has 1 heterocycles. The molecule has 2 N–H and O–H groups in total. The number of aromatic nitrogens is 1. The maximum Gasteiger partial charge on any atom is 0.239 e. The molecule has 0 atom stereocenters. The summed E-state index contributed by atoms with van der Waals surface area (Å²) in [6, 6.07) is 3.68. The average Bonchev–Trinajstić information content (AvgIpc) is 2.26. The monoisotopic (exact) mass is 223 g/mol. The van der Waals surface area contributed by atoms with E-state index in [0.717, 1.165) is 5.69 Å². The van der Waals surface area contributed by atoms with Crippen LogP contribution >= 0.6 is 0 Å². The molecule has 1 aromatic heterocycles. The van der Waals surface area contributed by atoms with Gasteiger partial charge in [0.2, 0.25) is 11.8 Å². The Hall–Kier alpha value is -1.78. The zero-order valence-corrected chi connectivity index (χ0v) is 9.78. The van der Waals surface area contributed by atoms with Crippen molar-refractivity contribution in [1.82, 2.24) is 10.3 Å². The average molecular weight is 223 g/mol. The molecule has 1 aromatic rings. The van der Waals surface area contributed by atoms with E-state index < -0.39 is 0 Å². The molecule has 0 aromatic carbocycles. The van der Waals surface area contributed by atoms with Gasteiger partial charge in [-0.1, -0.05) is 0 Å². The van der Waals surface area contributed by atoms with Crippen molar-refractivity contribution >= 4 is 11.6 Å². The molecule has 0 unspecified atom stereocenters. The Bertz CT molecular complexity index is 353. The molecule has 1 rings (SSSR count). The molecule has 0 aliphatic rings. The van der Waals surface area contributed by atoms with E-state index in [1.165, 1.54) is 0 Å². The number of anilines is 1. The largest absolute Gasteiger partial charge is 0.481 e. The van der Waals surface area contributed by atoms with Crippen LogP contribution in [0, 0.1) is 0 Å². The molecular weight excluding hydrogens is 206 g/mol. The van der Waals surface area contributed by atoms with Gasteiger partial charge in [0.25, 0.3) is 0 Å². The zero-order chi connectivity index (χ0) is 12.0.